The molecule has 0 aliphatic rings. The summed E-state index contributed by atoms with van der Waals surface area (Å²) in [5, 5.41) is 0. The predicted molar refractivity (Wildman–Crippen MR) is 75.6 cm³/mol. The molecule has 0 aromatic carbocycles. The molecule has 0 nitrogen and oxygen atoms in total. The molecule has 0 heteroatoms. The highest BCUT2D eigenvalue weighted by Crippen LogP contribution is 2.43. The third-order valence-corrected chi connectivity index (χ3v) is 3.78. The first-order valence-electron chi connectivity index (χ1n) is 7.07. The van der Waals surface area contributed by atoms with Crippen molar-refractivity contribution in [3.05, 3.63) is 0 Å². The van der Waals surface area contributed by atoms with Gasteiger partial charge in [0.05, 0.1) is 0 Å². The van der Waals surface area contributed by atoms with Gasteiger partial charge >= 0.3 is 0 Å². The molecule has 0 amide bonds. The van der Waals surface area contributed by atoms with Crippen molar-refractivity contribution in [2.24, 2.45) is 35.0 Å². The molecular weight excluding hydrogens is 192 g/mol. The maximum Gasteiger partial charge on any atom is -0.0311 e. The molecule has 0 saturated carbocycles. The van der Waals surface area contributed by atoms with Crippen molar-refractivity contribution in [1.82, 2.24) is 0 Å². The lowest BCUT2D eigenvalue weighted by molar-refractivity contribution is 0.0626. The molecule has 0 fully saturated rings. The summed E-state index contributed by atoms with van der Waals surface area (Å²) in [5.41, 5.74) is 0.429. The van der Waals surface area contributed by atoms with Gasteiger partial charge in [-0.1, -0.05) is 62.3 Å². The lowest BCUT2D eigenvalue weighted by atomic mass is 9.63. The van der Waals surface area contributed by atoms with Gasteiger partial charge < -0.3 is 0 Å². The van der Waals surface area contributed by atoms with E-state index in [1.165, 1.54) is 6.42 Å². The first-order valence-corrected chi connectivity index (χ1v) is 7.07. The lowest BCUT2D eigenvalue weighted by Gasteiger charge is -2.43. The zero-order valence-corrected chi connectivity index (χ0v) is 13.1. The Hall–Kier alpha value is 0. The summed E-state index contributed by atoms with van der Waals surface area (Å²) in [6.45, 7) is 21.5. The fourth-order valence-electron chi connectivity index (χ4n) is 3.51. The number of rotatable bonds is 5. The summed E-state index contributed by atoms with van der Waals surface area (Å²) in [7, 11) is 0. The molecule has 0 aliphatic carbocycles. The Labute approximate surface area is 104 Å². The van der Waals surface area contributed by atoms with E-state index in [0.29, 0.717) is 5.41 Å². The van der Waals surface area contributed by atoms with Gasteiger partial charge in [0.15, 0.2) is 0 Å². The molecule has 0 aromatic heterocycles. The van der Waals surface area contributed by atoms with Crippen molar-refractivity contribution in [2.45, 2.75) is 68.7 Å². The third kappa shape index (κ3) is 4.89. The molecule has 0 saturated heterocycles. The lowest BCUT2D eigenvalue weighted by Crippen LogP contribution is -2.36. The van der Waals surface area contributed by atoms with Crippen LogP contribution >= 0.6 is 0 Å². The van der Waals surface area contributed by atoms with E-state index >= 15 is 0 Å². The zero-order chi connectivity index (χ0) is 13.1. The smallest absolute Gasteiger partial charge is 0.0311 e. The van der Waals surface area contributed by atoms with Crippen LogP contribution in [0.1, 0.15) is 68.7 Å². The van der Waals surface area contributed by atoms with E-state index in [9.17, 15) is 0 Å². The topological polar surface area (TPSA) is 0 Å². The van der Waals surface area contributed by atoms with Gasteiger partial charge in [0.1, 0.15) is 0 Å². The number of hydrogen-bond acceptors (Lipinski definition) is 0. The molecule has 2 unspecified atom stereocenters. The van der Waals surface area contributed by atoms with E-state index in [1.54, 1.807) is 0 Å². The molecule has 0 aliphatic heterocycles. The Morgan fingerprint density at radius 2 is 1.19 bits per heavy atom. The highest BCUT2D eigenvalue weighted by Gasteiger charge is 2.35. The standard InChI is InChI=1S/C16H34/c1-11(2)10-14(12(3)4)15(13(5)6)16(7,8)9/h11-15H,10H2,1-9H3. The quantitative estimate of drug-likeness (QED) is 0.570. The summed E-state index contributed by atoms with van der Waals surface area (Å²) in [5.74, 6) is 4.09. The van der Waals surface area contributed by atoms with Crippen LogP contribution in [0.2, 0.25) is 0 Å². The second kappa shape index (κ2) is 6.07. The highest BCUT2D eigenvalue weighted by molar-refractivity contribution is 4.84. The average molecular weight is 226 g/mol. The van der Waals surface area contributed by atoms with Crippen molar-refractivity contribution in [2.75, 3.05) is 0 Å². The third-order valence-electron chi connectivity index (χ3n) is 3.78. The van der Waals surface area contributed by atoms with Crippen LogP contribution in [0.3, 0.4) is 0 Å². The van der Waals surface area contributed by atoms with Crippen LogP contribution in [0.5, 0.6) is 0 Å². The van der Waals surface area contributed by atoms with Gasteiger partial charge in [0, 0.05) is 0 Å². The minimum atomic E-state index is 0.429. The van der Waals surface area contributed by atoms with Gasteiger partial charge in [-0.3, -0.25) is 0 Å². The molecule has 0 N–H and O–H groups in total. The van der Waals surface area contributed by atoms with Gasteiger partial charge in [-0.05, 0) is 41.4 Å². The van der Waals surface area contributed by atoms with Crippen molar-refractivity contribution in [3.63, 3.8) is 0 Å². The summed E-state index contributed by atoms with van der Waals surface area (Å²) < 4.78 is 0. The van der Waals surface area contributed by atoms with E-state index in [1.807, 2.05) is 0 Å². The summed E-state index contributed by atoms with van der Waals surface area (Å²) in [6, 6.07) is 0. The molecule has 2 atom stereocenters. The SMILES string of the molecule is CC(C)CC(C(C)C)C(C(C)C)C(C)(C)C. The molecule has 0 spiro atoms. The maximum atomic E-state index is 2.41. The van der Waals surface area contributed by atoms with Gasteiger partial charge in [0.2, 0.25) is 0 Å². The second-order valence-corrected chi connectivity index (χ2v) is 7.67. The predicted octanol–water partition coefficient (Wildman–Crippen LogP) is 5.62. The normalized spacial score (nSPS) is 17.2. The van der Waals surface area contributed by atoms with E-state index in [4.69, 9.17) is 0 Å². The first kappa shape index (κ1) is 16.0. The Balaban J connectivity index is 4.96. The van der Waals surface area contributed by atoms with Crippen LogP contribution in [-0.2, 0) is 0 Å². The van der Waals surface area contributed by atoms with Gasteiger partial charge in [-0.15, -0.1) is 0 Å². The Morgan fingerprint density at radius 1 is 0.750 bits per heavy atom. The minimum Gasteiger partial charge on any atom is -0.0628 e. The van der Waals surface area contributed by atoms with Crippen LogP contribution in [0.15, 0.2) is 0 Å². The van der Waals surface area contributed by atoms with Gasteiger partial charge in [-0.2, -0.15) is 0 Å². The van der Waals surface area contributed by atoms with E-state index in [0.717, 1.165) is 29.6 Å². The van der Waals surface area contributed by atoms with Crippen molar-refractivity contribution in [3.8, 4) is 0 Å². The van der Waals surface area contributed by atoms with Gasteiger partial charge in [-0.25, -0.2) is 0 Å². The first-order chi connectivity index (χ1) is 7.07. The van der Waals surface area contributed by atoms with Crippen molar-refractivity contribution in [1.29, 1.82) is 0 Å². The average Bonchev–Trinajstić information content (AvgIpc) is 1.97. The molecule has 0 rings (SSSR count). The Kier molecular flexibility index (Phi) is 6.07. The Morgan fingerprint density at radius 3 is 1.38 bits per heavy atom. The Bertz CT molecular complexity index is 181. The molecule has 0 heterocycles. The largest absolute Gasteiger partial charge is 0.0628 e. The highest BCUT2D eigenvalue weighted by atomic mass is 14.4. The van der Waals surface area contributed by atoms with E-state index in [-0.39, 0.29) is 0 Å². The van der Waals surface area contributed by atoms with Crippen molar-refractivity contribution >= 4 is 0 Å². The van der Waals surface area contributed by atoms with Crippen LogP contribution in [0.25, 0.3) is 0 Å². The monoisotopic (exact) mass is 226 g/mol. The van der Waals surface area contributed by atoms with E-state index < -0.39 is 0 Å². The molecule has 0 bridgehead atoms. The summed E-state index contributed by atoms with van der Waals surface area (Å²) in [6.07, 6.45) is 1.37. The fraction of sp³-hybridized carbons (Fsp3) is 1.00. The van der Waals surface area contributed by atoms with E-state index in [2.05, 4.69) is 62.3 Å². The van der Waals surface area contributed by atoms with Gasteiger partial charge in [0.25, 0.3) is 0 Å². The maximum absolute atomic E-state index is 2.41. The molecular formula is C16H34. The molecule has 16 heavy (non-hydrogen) atoms. The van der Waals surface area contributed by atoms with Crippen molar-refractivity contribution < 1.29 is 0 Å². The molecule has 0 radical (unpaired) electrons. The molecule has 0 aromatic rings. The summed E-state index contributed by atoms with van der Waals surface area (Å²) >= 11 is 0. The minimum absolute atomic E-state index is 0.429. The molecule has 98 valence electrons. The number of hydrogen-bond donors (Lipinski definition) is 0. The fourth-order valence-corrected chi connectivity index (χ4v) is 3.51. The summed E-state index contributed by atoms with van der Waals surface area (Å²) in [4.78, 5) is 0. The van der Waals surface area contributed by atoms with Crippen LogP contribution in [0, 0.1) is 35.0 Å². The zero-order valence-electron chi connectivity index (χ0n) is 13.1. The second-order valence-electron chi connectivity index (χ2n) is 7.67. The van der Waals surface area contributed by atoms with Crippen LogP contribution in [0.4, 0.5) is 0 Å². The van der Waals surface area contributed by atoms with Crippen LogP contribution < -0.4 is 0 Å². The van der Waals surface area contributed by atoms with Crippen LogP contribution in [-0.4, -0.2) is 0 Å².